The zero-order valence-electron chi connectivity index (χ0n) is 15.8. The van der Waals surface area contributed by atoms with Crippen molar-refractivity contribution < 1.29 is 17.6 Å². The number of nitrogens with one attached hydrogen (secondary N) is 1. The van der Waals surface area contributed by atoms with Gasteiger partial charge in [-0.1, -0.05) is 53.0 Å². The van der Waals surface area contributed by atoms with Crippen molar-refractivity contribution in [2.45, 2.75) is 11.8 Å². The summed E-state index contributed by atoms with van der Waals surface area (Å²) in [5.41, 5.74) is 0.977. The molecule has 0 aliphatic heterocycles. The van der Waals surface area contributed by atoms with Gasteiger partial charge in [0, 0.05) is 0 Å². The summed E-state index contributed by atoms with van der Waals surface area (Å²) >= 11 is 12.0. The number of nitrogens with zero attached hydrogens (tertiary/aromatic N) is 1. The summed E-state index contributed by atoms with van der Waals surface area (Å²) in [5.74, 6) is -1.35. The number of sulfonamides is 1. The summed E-state index contributed by atoms with van der Waals surface area (Å²) < 4.78 is 41.3. The molecule has 156 valence electrons. The number of anilines is 2. The molecule has 0 saturated carbocycles. The van der Waals surface area contributed by atoms with Gasteiger partial charge in [-0.3, -0.25) is 9.10 Å². The molecule has 5 nitrogen and oxygen atoms in total. The van der Waals surface area contributed by atoms with Crippen molar-refractivity contribution in [3.05, 3.63) is 88.2 Å². The number of hydrogen-bond acceptors (Lipinski definition) is 3. The van der Waals surface area contributed by atoms with Crippen molar-refractivity contribution in [2.24, 2.45) is 0 Å². The van der Waals surface area contributed by atoms with Crippen molar-refractivity contribution in [1.82, 2.24) is 0 Å². The number of aryl methyl sites for hydroxylation is 1. The van der Waals surface area contributed by atoms with Crippen LogP contribution < -0.4 is 9.62 Å². The second-order valence-corrected chi connectivity index (χ2v) is 9.13. The van der Waals surface area contributed by atoms with Gasteiger partial charge < -0.3 is 5.32 Å². The zero-order valence-corrected chi connectivity index (χ0v) is 18.1. The molecule has 1 N–H and O–H groups in total. The normalized spacial score (nSPS) is 11.2. The molecule has 9 heteroatoms. The first kappa shape index (κ1) is 22.1. The number of carbonyl (C=O) groups excluding carboxylic acids is 1. The van der Waals surface area contributed by atoms with Gasteiger partial charge in [0.2, 0.25) is 5.91 Å². The minimum atomic E-state index is -4.12. The van der Waals surface area contributed by atoms with Crippen LogP contribution in [0.3, 0.4) is 0 Å². The second kappa shape index (κ2) is 9.04. The van der Waals surface area contributed by atoms with Crippen LogP contribution in [-0.4, -0.2) is 20.9 Å². The van der Waals surface area contributed by atoms with E-state index in [1.807, 2.05) is 6.92 Å². The maximum Gasteiger partial charge on any atom is 0.264 e. The summed E-state index contributed by atoms with van der Waals surface area (Å²) in [6.07, 6.45) is 0. The predicted molar refractivity (Wildman–Crippen MR) is 117 cm³/mol. The topological polar surface area (TPSA) is 66.5 Å². The lowest BCUT2D eigenvalue weighted by Gasteiger charge is -2.24. The lowest BCUT2D eigenvalue weighted by atomic mass is 10.2. The van der Waals surface area contributed by atoms with Crippen molar-refractivity contribution in [2.75, 3.05) is 16.2 Å². The van der Waals surface area contributed by atoms with Crippen molar-refractivity contribution >= 4 is 50.5 Å². The highest BCUT2D eigenvalue weighted by molar-refractivity contribution is 7.92. The zero-order chi connectivity index (χ0) is 21.9. The third-order valence-corrected chi connectivity index (χ3v) is 6.76. The van der Waals surface area contributed by atoms with E-state index in [9.17, 15) is 17.6 Å². The smallest absolute Gasteiger partial charge is 0.264 e. The average Bonchev–Trinajstić information content (AvgIpc) is 2.70. The Labute approximate surface area is 184 Å². The van der Waals surface area contributed by atoms with E-state index < -0.39 is 28.3 Å². The van der Waals surface area contributed by atoms with Crippen LogP contribution in [0.5, 0.6) is 0 Å². The minimum Gasteiger partial charge on any atom is -0.322 e. The van der Waals surface area contributed by atoms with Gasteiger partial charge in [0.15, 0.2) is 0 Å². The molecule has 0 aliphatic carbocycles. The average molecular weight is 467 g/mol. The Morgan fingerprint density at radius 3 is 2.30 bits per heavy atom. The minimum absolute atomic E-state index is 0.00198. The molecule has 0 fully saturated rings. The van der Waals surface area contributed by atoms with Gasteiger partial charge in [-0.15, -0.1) is 0 Å². The third kappa shape index (κ3) is 4.92. The van der Waals surface area contributed by atoms with E-state index in [1.54, 1.807) is 18.2 Å². The van der Waals surface area contributed by atoms with Gasteiger partial charge in [0.1, 0.15) is 12.4 Å². The van der Waals surface area contributed by atoms with Crippen LogP contribution in [0, 0.1) is 12.7 Å². The Hall–Kier alpha value is -2.61. The molecule has 0 saturated heterocycles. The number of rotatable bonds is 6. The van der Waals surface area contributed by atoms with Crippen LogP contribution in [0.15, 0.2) is 71.6 Å². The molecule has 0 aliphatic rings. The van der Waals surface area contributed by atoms with Crippen LogP contribution in [0.25, 0.3) is 0 Å². The lowest BCUT2D eigenvalue weighted by Crippen LogP contribution is -2.38. The fourth-order valence-electron chi connectivity index (χ4n) is 2.68. The van der Waals surface area contributed by atoms with E-state index in [0.29, 0.717) is 0 Å². The Balaban J connectivity index is 1.99. The number of hydrogen-bond donors (Lipinski definition) is 1. The van der Waals surface area contributed by atoms with Gasteiger partial charge in [-0.2, -0.15) is 0 Å². The molecule has 30 heavy (non-hydrogen) atoms. The summed E-state index contributed by atoms with van der Waals surface area (Å²) in [7, 11) is -4.12. The quantitative estimate of drug-likeness (QED) is 0.537. The Morgan fingerprint density at radius 1 is 1.00 bits per heavy atom. The highest BCUT2D eigenvalue weighted by Crippen LogP contribution is 2.30. The number of amides is 1. The molecule has 3 rings (SSSR count). The summed E-state index contributed by atoms with van der Waals surface area (Å²) in [6, 6.07) is 16.0. The van der Waals surface area contributed by atoms with Crippen molar-refractivity contribution in [1.29, 1.82) is 0 Å². The van der Waals surface area contributed by atoms with Crippen LogP contribution in [0.2, 0.25) is 10.0 Å². The van der Waals surface area contributed by atoms with E-state index >= 15 is 0 Å². The molecule has 3 aromatic carbocycles. The predicted octanol–water partition coefficient (Wildman–Crippen LogP) is 5.27. The molecule has 0 bridgehead atoms. The molecule has 0 radical (unpaired) electrons. The van der Waals surface area contributed by atoms with Gasteiger partial charge >= 0.3 is 0 Å². The van der Waals surface area contributed by atoms with Crippen LogP contribution in [0.4, 0.5) is 15.8 Å². The summed E-state index contributed by atoms with van der Waals surface area (Å²) in [4.78, 5) is 12.6. The second-order valence-electron chi connectivity index (χ2n) is 6.45. The van der Waals surface area contributed by atoms with E-state index in [4.69, 9.17) is 23.2 Å². The fraction of sp³-hybridized carbons (Fsp3) is 0.0952. The maximum absolute atomic E-state index is 13.9. The fourth-order valence-corrected chi connectivity index (χ4v) is 4.38. The molecular formula is C21H17Cl2FN2O3S. The van der Waals surface area contributed by atoms with Crippen LogP contribution >= 0.6 is 23.2 Å². The molecule has 1 amide bonds. The summed E-state index contributed by atoms with van der Waals surface area (Å²) in [6.45, 7) is 1.23. The number of carbonyl (C=O) groups is 1. The monoisotopic (exact) mass is 466 g/mol. The highest BCUT2D eigenvalue weighted by atomic mass is 35.5. The van der Waals surface area contributed by atoms with Crippen molar-refractivity contribution in [3.8, 4) is 0 Å². The molecule has 3 aromatic rings. The molecule has 0 atom stereocenters. The molecule has 0 unspecified atom stereocenters. The van der Waals surface area contributed by atoms with Gasteiger partial charge in [0.25, 0.3) is 10.0 Å². The molecule has 0 spiro atoms. The molecule has 0 aromatic heterocycles. The van der Waals surface area contributed by atoms with E-state index in [0.717, 1.165) is 9.87 Å². The van der Waals surface area contributed by atoms with Gasteiger partial charge in [0.05, 0.1) is 26.3 Å². The SMILES string of the molecule is Cc1ccc(S(=O)(=O)N(CC(=O)Nc2ccccc2F)c2ccc(Cl)c(Cl)c2)cc1. The number of halogens is 3. The standard InChI is InChI=1S/C21H17Cl2FN2O3S/c1-14-6-9-16(10-7-14)30(28,29)26(15-8-11-17(22)18(23)12-15)13-21(27)25-20-5-3-2-4-19(20)24/h2-12H,13H2,1H3,(H,25,27). The number of benzene rings is 3. The lowest BCUT2D eigenvalue weighted by molar-refractivity contribution is -0.114. The van der Waals surface area contributed by atoms with Crippen LogP contribution in [-0.2, 0) is 14.8 Å². The Kier molecular flexibility index (Phi) is 6.65. The maximum atomic E-state index is 13.9. The molecule has 0 heterocycles. The van der Waals surface area contributed by atoms with E-state index in [2.05, 4.69) is 5.32 Å². The molecular weight excluding hydrogens is 450 g/mol. The van der Waals surface area contributed by atoms with Crippen LogP contribution in [0.1, 0.15) is 5.56 Å². The van der Waals surface area contributed by atoms with E-state index in [-0.39, 0.29) is 26.3 Å². The largest absolute Gasteiger partial charge is 0.322 e. The third-order valence-electron chi connectivity index (χ3n) is 4.24. The van der Waals surface area contributed by atoms with Gasteiger partial charge in [-0.05, 0) is 49.4 Å². The first-order chi connectivity index (χ1) is 14.2. The first-order valence-corrected chi connectivity index (χ1v) is 11.0. The number of para-hydroxylation sites is 1. The Bertz CT molecular complexity index is 1190. The van der Waals surface area contributed by atoms with Crippen molar-refractivity contribution in [3.63, 3.8) is 0 Å². The summed E-state index contributed by atoms with van der Waals surface area (Å²) in [5, 5.41) is 2.76. The Morgan fingerprint density at radius 2 is 1.67 bits per heavy atom. The first-order valence-electron chi connectivity index (χ1n) is 8.77. The highest BCUT2D eigenvalue weighted by Gasteiger charge is 2.28. The van der Waals surface area contributed by atoms with Gasteiger partial charge in [-0.25, -0.2) is 12.8 Å². The van der Waals surface area contributed by atoms with E-state index in [1.165, 1.54) is 48.5 Å².